The lowest BCUT2D eigenvalue weighted by Crippen LogP contribution is -2.44. The van der Waals surface area contributed by atoms with Gasteiger partial charge in [-0.3, -0.25) is 14.4 Å². The molecule has 1 aliphatic heterocycles. The standard InChI is InChI=1S/C12H10ClNO3/c13-9-5-2-1-4-8(9)12(17)14-10(15)6-3-7-11(14)16/h1-2,4-5H,3,6-7H2. The molecule has 2 rings (SSSR count). The summed E-state index contributed by atoms with van der Waals surface area (Å²) in [6, 6.07) is 6.37. The molecular weight excluding hydrogens is 242 g/mol. The number of benzene rings is 1. The van der Waals surface area contributed by atoms with Gasteiger partial charge in [0.2, 0.25) is 11.8 Å². The highest BCUT2D eigenvalue weighted by Crippen LogP contribution is 2.20. The normalized spacial score (nSPS) is 16.2. The average molecular weight is 252 g/mol. The molecule has 5 heteroatoms. The molecule has 1 heterocycles. The van der Waals surface area contributed by atoms with Crippen LogP contribution in [0.4, 0.5) is 0 Å². The fraction of sp³-hybridized carbons (Fsp3) is 0.250. The molecular formula is C12H10ClNO3. The van der Waals surface area contributed by atoms with Gasteiger partial charge in [0.1, 0.15) is 0 Å². The van der Waals surface area contributed by atoms with E-state index in [1.54, 1.807) is 18.2 Å². The van der Waals surface area contributed by atoms with Crippen LogP contribution in [-0.4, -0.2) is 22.6 Å². The van der Waals surface area contributed by atoms with Gasteiger partial charge in [-0.25, -0.2) is 4.90 Å². The molecule has 0 N–H and O–H groups in total. The molecule has 0 spiro atoms. The molecule has 17 heavy (non-hydrogen) atoms. The number of nitrogens with zero attached hydrogens (tertiary/aromatic N) is 1. The van der Waals surface area contributed by atoms with Crippen LogP contribution in [0.5, 0.6) is 0 Å². The number of carbonyl (C=O) groups is 3. The maximum atomic E-state index is 12.0. The summed E-state index contributed by atoms with van der Waals surface area (Å²) >= 11 is 5.86. The Morgan fingerprint density at radius 1 is 1.12 bits per heavy atom. The van der Waals surface area contributed by atoms with E-state index in [9.17, 15) is 14.4 Å². The van der Waals surface area contributed by atoms with Crippen molar-refractivity contribution in [1.29, 1.82) is 0 Å². The number of amides is 3. The third kappa shape index (κ3) is 2.22. The molecule has 88 valence electrons. The van der Waals surface area contributed by atoms with Crippen LogP contribution >= 0.6 is 11.6 Å². The number of rotatable bonds is 1. The van der Waals surface area contributed by atoms with Gasteiger partial charge in [-0.15, -0.1) is 0 Å². The van der Waals surface area contributed by atoms with E-state index in [0.717, 1.165) is 0 Å². The SMILES string of the molecule is O=C1CCCC(=O)N1C(=O)c1ccccc1Cl. The van der Waals surface area contributed by atoms with Crippen LogP contribution in [0.15, 0.2) is 24.3 Å². The number of piperidine rings is 1. The minimum absolute atomic E-state index is 0.178. The van der Waals surface area contributed by atoms with E-state index in [0.29, 0.717) is 11.3 Å². The molecule has 0 unspecified atom stereocenters. The fourth-order valence-electron chi connectivity index (χ4n) is 1.74. The van der Waals surface area contributed by atoms with Gasteiger partial charge < -0.3 is 0 Å². The van der Waals surface area contributed by atoms with Crippen molar-refractivity contribution in [2.75, 3.05) is 0 Å². The Morgan fingerprint density at radius 2 is 1.71 bits per heavy atom. The van der Waals surface area contributed by atoms with Crippen molar-refractivity contribution in [1.82, 2.24) is 4.90 Å². The molecule has 1 aliphatic rings. The predicted octanol–water partition coefficient (Wildman–Crippen LogP) is 2.02. The molecule has 0 radical (unpaired) electrons. The lowest BCUT2D eigenvalue weighted by Gasteiger charge is -2.23. The molecule has 0 saturated carbocycles. The summed E-state index contributed by atoms with van der Waals surface area (Å²) in [5, 5.41) is 0.240. The van der Waals surface area contributed by atoms with E-state index in [-0.39, 0.29) is 23.4 Å². The minimum atomic E-state index is -0.634. The quantitative estimate of drug-likeness (QED) is 0.718. The summed E-state index contributed by atoms with van der Waals surface area (Å²) in [4.78, 5) is 35.9. The second-order valence-corrected chi connectivity index (χ2v) is 4.17. The van der Waals surface area contributed by atoms with Crippen LogP contribution in [0.25, 0.3) is 0 Å². The molecule has 1 aromatic carbocycles. The molecule has 0 aliphatic carbocycles. The molecule has 1 saturated heterocycles. The first-order valence-electron chi connectivity index (χ1n) is 5.26. The molecule has 1 aromatic rings. The highest BCUT2D eigenvalue weighted by molar-refractivity contribution is 6.34. The minimum Gasteiger partial charge on any atom is -0.274 e. The van der Waals surface area contributed by atoms with Crippen LogP contribution in [0.3, 0.4) is 0 Å². The Balaban J connectivity index is 2.34. The first-order valence-corrected chi connectivity index (χ1v) is 5.63. The largest absolute Gasteiger partial charge is 0.274 e. The van der Waals surface area contributed by atoms with Gasteiger partial charge in [0, 0.05) is 12.8 Å². The summed E-state index contributed by atoms with van der Waals surface area (Å²) in [7, 11) is 0. The van der Waals surface area contributed by atoms with Gasteiger partial charge >= 0.3 is 0 Å². The van der Waals surface area contributed by atoms with Crippen molar-refractivity contribution in [3.8, 4) is 0 Å². The number of hydrogen-bond donors (Lipinski definition) is 0. The van der Waals surface area contributed by atoms with Crippen molar-refractivity contribution in [2.45, 2.75) is 19.3 Å². The second kappa shape index (κ2) is 4.67. The third-order valence-corrected chi connectivity index (χ3v) is 2.92. The van der Waals surface area contributed by atoms with Gasteiger partial charge in [0.05, 0.1) is 10.6 Å². The zero-order valence-corrected chi connectivity index (χ0v) is 9.74. The van der Waals surface area contributed by atoms with Gasteiger partial charge in [0.25, 0.3) is 5.91 Å². The molecule has 4 nitrogen and oxygen atoms in total. The van der Waals surface area contributed by atoms with Crippen LogP contribution in [0, 0.1) is 0 Å². The highest BCUT2D eigenvalue weighted by atomic mass is 35.5. The summed E-state index contributed by atoms with van der Waals surface area (Å²) in [5.41, 5.74) is 0.178. The Morgan fingerprint density at radius 3 is 2.29 bits per heavy atom. The van der Waals surface area contributed by atoms with Crippen molar-refractivity contribution >= 4 is 29.3 Å². The summed E-state index contributed by atoms with van der Waals surface area (Å²) in [6.45, 7) is 0. The third-order valence-electron chi connectivity index (χ3n) is 2.59. The monoisotopic (exact) mass is 251 g/mol. The first kappa shape index (κ1) is 11.8. The van der Waals surface area contributed by atoms with E-state index in [1.807, 2.05) is 0 Å². The Kier molecular flexibility index (Phi) is 3.24. The van der Waals surface area contributed by atoms with E-state index in [1.165, 1.54) is 6.07 Å². The number of likely N-dealkylation sites (tertiary alicyclic amines) is 1. The lowest BCUT2D eigenvalue weighted by molar-refractivity contribution is -0.144. The number of halogens is 1. The van der Waals surface area contributed by atoms with E-state index in [4.69, 9.17) is 11.6 Å². The van der Waals surface area contributed by atoms with Crippen molar-refractivity contribution in [2.24, 2.45) is 0 Å². The Labute approximate surface area is 103 Å². The highest BCUT2D eigenvalue weighted by Gasteiger charge is 2.32. The topological polar surface area (TPSA) is 54.5 Å². The number of carbonyl (C=O) groups excluding carboxylic acids is 3. The number of hydrogen-bond acceptors (Lipinski definition) is 3. The van der Waals surface area contributed by atoms with Gasteiger partial charge in [-0.05, 0) is 18.6 Å². The maximum absolute atomic E-state index is 12.0. The predicted molar refractivity (Wildman–Crippen MR) is 61.5 cm³/mol. The Hall–Kier alpha value is -1.68. The zero-order chi connectivity index (χ0) is 12.4. The van der Waals surface area contributed by atoms with E-state index < -0.39 is 17.7 Å². The van der Waals surface area contributed by atoms with E-state index >= 15 is 0 Å². The molecule has 1 fully saturated rings. The summed E-state index contributed by atoms with van der Waals surface area (Å²) in [5.74, 6) is -1.54. The first-order chi connectivity index (χ1) is 8.11. The van der Waals surface area contributed by atoms with Crippen LogP contribution < -0.4 is 0 Å². The second-order valence-electron chi connectivity index (χ2n) is 3.76. The maximum Gasteiger partial charge on any atom is 0.268 e. The van der Waals surface area contributed by atoms with E-state index in [2.05, 4.69) is 0 Å². The fourth-order valence-corrected chi connectivity index (χ4v) is 1.95. The lowest BCUT2D eigenvalue weighted by atomic mass is 10.1. The molecule has 3 amide bonds. The summed E-state index contributed by atoms with van der Waals surface area (Å²) < 4.78 is 0. The molecule has 0 aromatic heterocycles. The van der Waals surface area contributed by atoms with Gasteiger partial charge in [-0.2, -0.15) is 0 Å². The van der Waals surface area contributed by atoms with Crippen LogP contribution in [0.2, 0.25) is 5.02 Å². The summed E-state index contributed by atoms with van der Waals surface area (Å²) in [6.07, 6.45) is 0.952. The van der Waals surface area contributed by atoms with Gasteiger partial charge in [0.15, 0.2) is 0 Å². The number of imide groups is 3. The molecule has 0 bridgehead atoms. The van der Waals surface area contributed by atoms with Crippen molar-refractivity contribution in [3.05, 3.63) is 34.9 Å². The molecule has 0 atom stereocenters. The van der Waals surface area contributed by atoms with Crippen LogP contribution in [-0.2, 0) is 9.59 Å². The smallest absolute Gasteiger partial charge is 0.268 e. The van der Waals surface area contributed by atoms with Crippen molar-refractivity contribution in [3.63, 3.8) is 0 Å². The van der Waals surface area contributed by atoms with Crippen LogP contribution in [0.1, 0.15) is 29.6 Å². The zero-order valence-electron chi connectivity index (χ0n) is 8.98. The van der Waals surface area contributed by atoms with Gasteiger partial charge in [-0.1, -0.05) is 23.7 Å². The average Bonchev–Trinajstić information content (AvgIpc) is 2.29. The Bertz CT molecular complexity index is 482. The van der Waals surface area contributed by atoms with Crippen molar-refractivity contribution < 1.29 is 14.4 Å².